The number of nitrogens with zero attached hydrogens (tertiary/aromatic N) is 5. The first-order chi connectivity index (χ1) is 40.9. The van der Waals surface area contributed by atoms with E-state index in [1.54, 1.807) is 23.6 Å². The average Bonchev–Trinajstić information content (AvgIpc) is 1.63. The minimum absolute atomic E-state index is 0. The molecule has 5 N–H and O–H groups in total. The summed E-state index contributed by atoms with van der Waals surface area (Å²) < 4.78 is 37.8. The van der Waals surface area contributed by atoms with Crippen LogP contribution in [0.2, 0.25) is 0 Å². The Balaban J connectivity index is 0.000000276. The second kappa shape index (κ2) is 34.0. The van der Waals surface area contributed by atoms with E-state index in [2.05, 4.69) is 95.6 Å². The Hall–Kier alpha value is -7.11. The molecule has 2 fully saturated rings. The lowest BCUT2D eigenvalue weighted by Gasteiger charge is -2.32. The van der Waals surface area contributed by atoms with Crippen LogP contribution in [0.4, 0.5) is 32.6 Å². The smallest absolute Gasteiger partial charge is 0.324 e. The molecule has 19 heteroatoms. The molecule has 2 saturated heterocycles. The van der Waals surface area contributed by atoms with E-state index < -0.39 is 0 Å². The van der Waals surface area contributed by atoms with Crippen LogP contribution in [-0.2, 0) is 29.8 Å². The van der Waals surface area contributed by atoms with E-state index in [0.717, 1.165) is 111 Å². The van der Waals surface area contributed by atoms with E-state index in [-0.39, 0.29) is 57.4 Å². The molecule has 10 rings (SSSR count). The maximum absolute atomic E-state index is 13.3. The van der Waals surface area contributed by atoms with E-state index in [0.29, 0.717) is 56.0 Å². The van der Waals surface area contributed by atoms with E-state index >= 15 is 0 Å². The van der Waals surface area contributed by atoms with Crippen molar-refractivity contribution >= 4 is 79.2 Å². The van der Waals surface area contributed by atoms with Gasteiger partial charge >= 0.3 is 12.1 Å². The fourth-order valence-corrected chi connectivity index (χ4v) is 9.83. The number of amides is 4. The quantitative estimate of drug-likeness (QED) is 0.0429. The normalized spacial score (nSPS) is 14.9. The van der Waals surface area contributed by atoms with Crippen molar-refractivity contribution in [1.82, 2.24) is 29.8 Å². The van der Waals surface area contributed by atoms with Crippen LogP contribution in [0.25, 0.3) is 32.9 Å². The van der Waals surface area contributed by atoms with Crippen LogP contribution in [0.15, 0.2) is 133 Å². The number of halogens is 1. The molecule has 88 heavy (non-hydrogen) atoms. The van der Waals surface area contributed by atoms with Gasteiger partial charge in [-0.1, -0.05) is 170 Å². The minimum atomic E-state index is -0.347. The molecule has 0 radical (unpaired) electrons. The Labute approximate surface area is 535 Å². The lowest BCUT2D eigenvalue weighted by molar-refractivity contribution is -0.0627. The van der Waals surface area contributed by atoms with Gasteiger partial charge in [0.15, 0.2) is 0 Å². The summed E-state index contributed by atoms with van der Waals surface area (Å²) in [6.07, 6.45) is 0.361. The number of ether oxygens (including phenoxy) is 6. The third-order valence-electron chi connectivity index (χ3n) is 14.2. The second-order valence-corrected chi connectivity index (χ2v) is 24.2. The molecule has 2 atom stereocenters. The number of urea groups is 2. The van der Waals surface area contributed by atoms with Gasteiger partial charge in [-0.25, -0.2) is 19.0 Å². The maximum atomic E-state index is 13.3. The number of methoxy groups -OCH3 is 2. The highest BCUT2D eigenvalue weighted by atomic mass is 127. The van der Waals surface area contributed by atoms with E-state index in [1.807, 2.05) is 147 Å². The molecule has 4 amide bonds. The summed E-state index contributed by atoms with van der Waals surface area (Å²) in [7, 11) is 3.39. The molecular weight excluding hydrogens is 1220 g/mol. The first kappa shape index (κ1) is 71.6. The van der Waals surface area contributed by atoms with Crippen LogP contribution in [0.5, 0.6) is 11.5 Å². The van der Waals surface area contributed by atoms with Crippen molar-refractivity contribution in [2.24, 2.45) is 0 Å². The van der Waals surface area contributed by atoms with Crippen LogP contribution in [0.1, 0.15) is 86.3 Å². The van der Waals surface area contributed by atoms with Crippen LogP contribution in [-0.4, -0.2) is 140 Å². The zero-order valence-corrected chi connectivity index (χ0v) is 52.9. The second-order valence-electron chi connectivity index (χ2n) is 23.1. The van der Waals surface area contributed by atoms with Crippen molar-refractivity contribution in [2.45, 2.75) is 101 Å². The topological polar surface area (TPSA) is 189 Å². The molecule has 476 valence electrons. The molecule has 0 aliphatic carbocycles. The van der Waals surface area contributed by atoms with E-state index in [1.165, 1.54) is 0 Å². The van der Waals surface area contributed by atoms with Crippen LogP contribution >= 0.6 is 22.6 Å². The van der Waals surface area contributed by atoms with Crippen molar-refractivity contribution < 1.29 is 38.0 Å². The number of anilines is 4. The number of nitrogens with one attached hydrogen (secondary N) is 5. The molecule has 0 bridgehead atoms. The molecule has 8 aromatic rings. The van der Waals surface area contributed by atoms with Crippen molar-refractivity contribution in [3.8, 4) is 22.9 Å². The average molecular weight is 1320 g/mol. The highest BCUT2D eigenvalue weighted by Gasteiger charge is 2.25. The third-order valence-corrected chi connectivity index (χ3v) is 14.6. The van der Waals surface area contributed by atoms with Gasteiger partial charge in [0, 0.05) is 95.9 Å². The Kier molecular flexibility index (Phi) is 27.7. The first-order valence-electron chi connectivity index (χ1n) is 28.9. The van der Waals surface area contributed by atoms with Gasteiger partial charge in [-0.2, -0.15) is 10.2 Å². The monoisotopic (exact) mass is 1320 g/mol. The number of aryl methyl sites for hydroxylation is 2. The number of alkyl halides is 1. The zero-order valence-electron chi connectivity index (χ0n) is 50.7. The van der Waals surface area contributed by atoms with Gasteiger partial charge in [-0.15, -0.1) is 0 Å². The van der Waals surface area contributed by atoms with Gasteiger partial charge in [-0.3, -0.25) is 15.5 Å². The Morgan fingerprint density at radius 2 is 1.03 bits per heavy atom. The number of carbonyl (C=O) groups is 2. The molecule has 0 saturated carbocycles. The van der Waals surface area contributed by atoms with E-state index in [4.69, 9.17) is 38.6 Å². The number of carbonyl (C=O) groups excluding carboxylic acids is 2. The number of aromatic nitrogens is 4. The largest absolute Gasteiger partial charge is 0.492 e. The fourth-order valence-electron chi connectivity index (χ4n) is 9.61. The highest BCUT2D eigenvalue weighted by molar-refractivity contribution is 14.1. The fraction of sp³-hybridized carbons (Fsp3) is 0.420. The summed E-state index contributed by atoms with van der Waals surface area (Å²) in [6, 6.07) is 42.7. The summed E-state index contributed by atoms with van der Waals surface area (Å²) in [4.78, 5) is 28.7. The summed E-state index contributed by atoms with van der Waals surface area (Å²) in [5.41, 5.74) is 6.94. The zero-order chi connectivity index (χ0) is 60.5. The summed E-state index contributed by atoms with van der Waals surface area (Å²) in [5, 5.41) is 28.6. The number of rotatable bonds is 17. The summed E-state index contributed by atoms with van der Waals surface area (Å²) in [5.74, 6) is 2.80. The summed E-state index contributed by atoms with van der Waals surface area (Å²) in [6.45, 7) is 25.1. The Bertz CT molecular complexity index is 3440. The van der Waals surface area contributed by atoms with Crippen molar-refractivity contribution in [3.05, 3.63) is 156 Å². The van der Waals surface area contributed by atoms with Gasteiger partial charge in [0.25, 0.3) is 0 Å². The Morgan fingerprint density at radius 3 is 1.47 bits per heavy atom. The molecule has 2 aliphatic heterocycles. The standard InChI is InChI=1S/C33H41N5O4.C27H29IN4O2.C6H13NO2.3CH4/c1-23-10-12-24(13-11-23)38-31(20-30(36-38)33(2,3)4)35-32(39)34-28-14-15-29(27-9-7-6-8-26(27)28)42-19-17-37-16-18-41-25(21-37)22-40-5;1-18-9-11-19(12-10-18)32-25(17-24(31-32)27(2,3)4)30-26(33)29-22-13-14-23(34-16-15-28)21-8-6-5-7-20(21)22;1-8-5-6-4-7-2-3-9-6;;;/h6-15,20,25H,16-19,21-22H2,1-5H3,(H2,34,35,39);5-14,17H,15-16H2,1-4H3,(H2,29,30,33);6-7H,2-5H2,1H3;3*1H4. The Morgan fingerprint density at radius 1 is 0.591 bits per heavy atom. The van der Waals surface area contributed by atoms with Crippen molar-refractivity contribution in [2.75, 3.05) is 112 Å². The number of fused-ring (bicyclic) bond motifs is 2. The van der Waals surface area contributed by atoms with Crippen molar-refractivity contribution in [1.29, 1.82) is 0 Å². The van der Waals surface area contributed by atoms with Crippen LogP contribution in [0, 0.1) is 13.8 Å². The lowest BCUT2D eigenvalue weighted by atomic mass is 9.92. The van der Waals surface area contributed by atoms with Gasteiger partial charge < -0.3 is 44.4 Å². The molecule has 18 nitrogen and oxygen atoms in total. The first-order valence-corrected chi connectivity index (χ1v) is 30.4. The SMILES string of the molecule is C.C.C.COCC1CN(CCOc2ccc(NC(=O)Nc3cc(C(C)(C)C)nn3-c3ccc(C)cc3)c3ccccc23)CCO1.COCC1CNCCO1.Cc1ccc(-n2nc(C(C)(C)C)cc2NC(=O)Nc2ccc(OCCI)c3ccccc23)cc1. The minimum Gasteiger partial charge on any atom is -0.492 e. The van der Waals surface area contributed by atoms with Crippen LogP contribution in [0.3, 0.4) is 0 Å². The van der Waals surface area contributed by atoms with Gasteiger partial charge in [0.2, 0.25) is 0 Å². The molecular formula is C69H95IN10O8. The molecule has 2 unspecified atom stereocenters. The number of hydrogen-bond acceptors (Lipinski definition) is 12. The molecule has 2 aliphatic rings. The predicted octanol–water partition coefficient (Wildman–Crippen LogP) is 14.6. The van der Waals surface area contributed by atoms with Gasteiger partial charge in [0.05, 0.1) is 79.4 Å². The number of hydrogen-bond donors (Lipinski definition) is 5. The number of morpholine rings is 2. The van der Waals surface area contributed by atoms with Gasteiger partial charge in [0.1, 0.15) is 29.7 Å². The third kappa shape index (κ3) is 19.9. The highest BCUT2D eigenvalue weighted by Crippen LogP contribution is 2.35. The van der Waals surface area contributed by atoms with Crippen LogP contribution < -0.4 is 36.1 Å². The van der Waals surface area contributed by atoms with Gasteiger partial charge in [-0.05, 0) is 62.4 Å². The lowest BCUT2D eigenvalue weighted by Crippen LogP contribution is -2.45. The molecule has 4 heterocycles. The molecule has 0 spiro atoms. The van der Waals surface area contributed by atoms with E-state index in [9.17, 15) is 9.59 Å². The molecule has 6 aromatic carbocycles. The summed E-state index contributed by atoms with van der Waals surface area (Å²) >= 11 is 2.29. The predicted molar refractivity (Wildman–Crippen MR) is 370 cm³/mol. The van der Waals surface area contributed by atoms with Crippen molar-refractivity contribution in [3.63, 3.8) is 0 Å². The number of benzene rings is 6. The molecule has 2 aromatic heterocycles. The maximum Gasteiger partial charge on any atom is 0.324 e.